The normalized spacial score (nSPS) is 10.9. The summed E-state index contributed by atoms with van der Waals surface area (Å²) in [5.74, 6) is -1.34. The first-order valence-electron chi connectivity index (χ1n) is 6.16. The van der Waals surface area contributed by atoms with E-state index in [0.29, 0.717) is 11.1 Å². The average molecular weight is 269 g/mol. The van der Waals surface area contributed by atoms with Crippen molar-refractivity contribution in [3.63, 3.8) is 0 Å². The zero-order valence-corrected chi connectivity index (χ0v) is 10.8. The largest absolute Gasteiger partial charge is 0.477 e. The molecular formula is C16H12FNO2. The van der Waals surface area contributed by atoms with Gasteiger partial charge in [0.1, 0.15) is 11.5 Å². The number of halogens is 1. The summed E-state index contributed by atoms with van der Waals surface area (Å²) in [5, 5.41) is 10.3. The molecule has 0 saturated heterocycles. The lowest BCUT2D eigenvalue weighted by Crippen LogP contribution is -2.05. The van der Waals surface area contributed by atoms with Crippen LogP contribution in [-0.4, -0.2) is 15.6 Å². The SMILES string of the molecule is Cn1c(C(=O)O)c(-c2ccc(F)cc2)c2ccccc21. The maximum absolute atomic E-state index is 13.1. The van der Waals surface area contributed by atoms with E-state index in [0.717, 1.165) is 10.9 Å². The molecule has 0 saturated carbocycles. The second-order valence-corrected chi connectivity index (χ2v) is 4.61. The van der Waals surface area contributed by atoms with Crippen LogP contribution in [0.1, 0.15) is 10.5 Å². The summed E-state index contributed by atoms with van der Waals surface area (Å²) >= 11 is 0. The number of carboxylic acid groups (broad SMARTS) is 1. The first-order valence-corrected chi connectivity index (χ1v) is 6.16. The molecule has 0 fully saturated rings. The summed E-state index contributed by atoms with van der Waals surface area (Å²) in [5.41, 5.74) is 2.36. The molecule has 0 bridgehead atoms. The molecule has 0 spiro atoms. The van der Waals surface area contributed by atoms with Crippen LogP contribution in [-0.2, 0) is 7.05 Å². The van der Waals surface area contributed by atoms with Gasteiger partial charge in [0.05, 0.1) is 0 Å². The molecule has 100 valence electrons. The molecule has 3 nitrogen and oxygen atoms in total. The van der Waals surface area contributed by atoms with Gasteiger partial charge in [-0.2, -0.15) is 0 Å². The van der Waals surface area contributed by atoms with Crippen LogP contribution in [0.2, 0.25) is 0 Å². The third-order valence-electron chi connectivity index (χ3n) is 3.44. The van der Waals surface area contributed by atoms with Crippen LogP contribution in [0.3, 0.4) is 0 Å². The third-order valence-corrected chi connectivity index (χ3v) is 3.44. The van der Waals surface area contributed by atoms with Crippen LogP contribution >= 0.6 is 0 Å². The molecule has 20 heavy (non-hydrogen) atoms. The van der Waals surface area contributed by atoms with E-state index in [9.17, 15) is 14.3 Å². The molecule has 0 unspecified atom stereocenters. The van der Waals surface area contributed by atoms with Crippen molar-refractivity contribution in [2.24, 2.45) is 7.05 Å². The minimum Gasteiger partial charge on any atom is -0.477 e. The van der Waals surface area contributed by atoms with Crippen LogP contribution < -0.4 is 0 Å². The number of carbonyl (C=O) groups is 1. The van der Waals surface area contributed by atoms with Gasteiger partial charge < -0.3 is 9.67 Å². The van der Waals surface area contributed by atoms with E-state index in [1.807, 2.05) is 24.3 Å². The Morgan fingerprint density at radius 3 is 2.40 bits per heavy atom. The summed E-state index contributed by atoms with van der Waals surface area (Å²) in [4.78, 5) is 11.6. The number of para-hydroxylation sites is 1. The molecule has 3 rings (SSSR count). The number of aromatic carboxylic acids is 1. The van der Waals surface area contributed by atoms with Crippen molar-refractivity contribution < 1.29 is 14.3 Å². The molecule has 1 N–H and O–H groups in total. The highest BCUT2D eigenvalue weighted by molar-refractivity contribution is 6.08. The van der Waals surface area contributed by atoms with Crippen LogP contribution in [0.25, 0.3) is 22.0 Å². The van der Waals surface area contributed by atoms with Gasteiger partial charge in [-0.1, -0.05) is 30.3 Å². The molecule has 1 heterocycles. The Kier molecular flexibility index (Phi) is 2.79. The Labute approximate surface area is 114 Å². The first kappa shape index (κ1) is 12.4. The summed E-state index contributed by atoms with van der Waals surface area (Å²) in [6, 6.07) is 13.3. The van der Waals surface area contributed by atoms with E-state index in [2.05, 4.69) is 0 Å². The maximum Gasteiger partial charge on any atom is 0.353 e. The van der Waals surface area contributed by atoms with Gasteiger partial charge in [-0.05, 0) is 23.8 Å². The molecule has 0 atom stereocenters. The molecule has 1 aromatic heterocycles. The number of rotatable bonds is 2. The Bertz CT molecular complexity index is 803. The van der Waals surface area contributed by atoms with Crippen molar-refractivity contribution in [3.8, 4) is 11.1 Å². The Morgan fingerprint density at radius 1 is 1.10 bits per heavy atom. The standard InChI is InChI=1S/C16H12FNO2/c1-18-13-5-3-2-4-12(13)14(15(18)16(19)20)10-6-8-11(17)9-7-10/h2-9H,1H3,(H,19,20). The summed E-state index contributed by atoms with van der Waals surface area (Å²) in [7, 11) is 1.72. The fraction of sp³-hybridized carbons (Fsp3) is 0.0625. The molecule has 0 aliphatic carbocycles. The van der Waals surface area contributed by atoms with Gasteiger partial charge in [-0.25, -0.2) is 9.18 Å². The molecule has 2 aromatic carbocycles. The highest BCUT2D eigenvalue weighted by Gasteiger charge is 2.21. The van der Waals surface area contributed by atoms with Gasteiger partial charge in [0, 0.05) is 23.5 Å². The first-order chi connectivity index (χ1) is 9.59. The van der Waals surface area contributed by atoms with Gasteiger partial charge in [0.25, 0.3) is 0 Å². The molecule has 0 aliphatic heterocycles. The number of hydrogen-bond donors (Lipinski definition) is 1. The molecule has 0 amide bonds. The zero-order valence-electron chi connectivity index (χ0n) is 10.8. The molecule has 0 aliphatic rings. The van der Waals surface area contributed by atoms with Crippen LogP contribution in [0, 0.1) is 5.82 Å². The van der Waals surface area contributed by atoms with E-state index in [4.69, 9.17) is 0 Å². The number of aromatic nitrogens is 1. The topological polar surface area (TPSA) is 42.2 Å². The van der Waals surface area contributed by atoms with Crippen molar-refractivity contribution in [2.75, 3.05) is 0 Å². The average Bonchev–Trinajstić information content (AvgIpc) is 2.74. The van der Waals surface area contributed by atoms with Crippen LogP contribution in [0.5, 0.6) is 0 Å². The van der Waals surface area contributed by atoms with Crippen molar-refractivity contribution >= 4 is 16.9 Å². The maximum atomic E-state index is 13.1. The monoisotopic (exact) mass is 269 g/mol. The molecule has 4 heteroatoms. The smallest absolute Gasteiger partial charge is 0.353 e. The van der Waals surface area contributed by atoms with Crippen molar-refractivity contribution in [3.05, 3.63) is 60.0 Å². The predicted octanol–water partition coefficient (Wildman–Crippen LogP) is 3.68. The van der Waals surface area contributed by atoms with E-state index in [1.54, 1.807) is 23.7 Å². The quantitative estimate of drug-likeness (QED) is 0.771. The van der Waals surface area contributed by atoms with Crippen molar-refractivity contribution in [1.29, 1.82) is 0 Å². The minimum absolute atomic E-state index is 0.206. The Morgan fingerprint density at radius 2 is 1.75 bits per heavy atom. The molecule has 3 aromatic rings. The van der Waals surface area contributed by atoms with Crippen molar-refractivity contribution in [1.82, 2.24) is 4.57 Å². The number of carboxylic acids is 1. The zero-order chi connectivity index (χ0) is 14.3. The number of hydrogen-bond acceptors (Lipinski definition) is 1. The minimum atomic E-state index is -0.997. The Balaban J connectivity index is 2.41. The summed E-state index contributed by atoms with van der Waals surface area (Å²) in [6.45, 7) is 0. The number of fused-ring (bicyclic) bond motifs is 1. The highest BCUT2D eigenvalue weighted by Crippen LogP contribution is 2.34. The number of benzene rings is 2. The van der Waals surface area contributed by atoms with Crippen LogP contribution in [0.15, 0.2) is 48.5 Å². The van der Waals surface area contributed by atoms with Gasteiger partial charge in [-0.15, -0.1) is 0 Å². The fourth-order valence-electron chi connectivity index (χ4n) is 2.55. The van der Waals surface area contributed by atoms with E-state index in [-0.39, 0.29) is 11.5 Å². The predicted molar refractivity (Wildman–Crippen MR) is 75.3 cm³/mol. The molecule has 0 radical (unpaired) electrons. The summed E-state index contributed by atoms with van der Waals surface area (Å²) in [6.07, 6.45) is 0. The van der Waals surface area contributed by atoms with E-state index >= 15 is 0 Å². The summed E-state index contributed by atoms with van der Waals surface area (Å²) < 4.78 is 14.7. The van der Waals surface area contributed by atoms with Crippen LogP contribution in [0.4, 0.5) is 4.39 Å². The fourth-order valence-corrected chi connectivity index (χ4v) is 2.55. The van der Waals surface area contributed by atoms with E-state index in [1.165, 1.54) is 12.1 Å². The van der Waals surface area contributed by atoms with Gasteiger partial charge in [0.2, 0.25) is 0 Å². The molecular weight excluding hydrogens is 257 g/mol. The second-order valence-electron chi connectivity index (χ2n) is 4.61. The number of aryl methyl sites for hydroxylation is 1. The lowest BCUT2D eigenvalue weighted by molar-refractivity contribution is 0.0688. The highest BCUT2D eigenvalue weighted by atomic mass is 19.1. The second kappa shape index (κ2) is 4.49. The van der Waals surface area contributed by atoms with Gasteiger partial charge in [0.15, 0.2) is 0 Å². The lowest BCUT2D eigenvalue weighted by Gasteiger charge is -2.03. The van der Waals surface area contributed by atoms with Gasteiger partial charge in [-0.3, -0.25) is 0 Å². The van der Waals surface area contributed by atoms with Crippen molar-refractivity contribution in [2.45, 2.75) is 0 Å². The van der Waals surface area contributed by atoms with Gasteiger partial charge >= 0.3 is 5.97 Å². The number of nitrogens with zero attached hydrogens (tertiary/aromatic N) is 1. The lowest BCUT2D eigenvalue weighted by atomic mass is 10.0. The Hall–Kier alpha value is -2.62. The third kappa shape index (κ3) is 1.77. The van der Waals surface area contributed by atoms with E-state index < -0.39 is 5.97 Å².